The number of benzene rings is 2. The maximum atomic E-state index is 13.7. The van der Waals surface area contributed by atoms with Crippen LogP contribution in [0.25, 0.3) is 22.3 Å². The summed E-state index contributed by atoms with van der Waals surface area (Å²) < 4.78 is 18.5. The number of likely N-dealkylation sites (tertiary alicyclic amines) is 1. The summed E-state index contributed by atoms with van der Waals surface area (Å²) in [6.07, 6.45) is 13.3. The third-order valence-corrected chi connectivity index (χ3v) is 12.8. The largest absolute Gasteiger partial charge is 0.469 e. The quantitative estimate of drug-likeness (QED) is 0.188. The molecule has 2 aromatic carbocycles. The van der Waals surface area contributed by atoms with Crippen LogP contribution in [0.3, 0.4) is 0 Å². The summed E-state index contributed by atoms with van der Waals surface area (Å²) in [5, 5.41) is 3.07. The first kappa shape index (κ1) is 37.7. The van der Waals surface area contributed by atoms with Crippen LogP contribution in [-0.4, -0.2) is 58.8 Å². The van der Waals surface area contributed by atoms with Crippen molar-refractivity contribution in [1.29, 1.82) is 0 Å². The van der Waals surface area contributed by atoms with Gasteiger partial charge in [-0.05, 0) is 94.9 Å². The number of methoxy groups -OCH3 is 1. The zero-order valence-electron chi connectivity index (χ0n) is 32.4. The number of amides is 2. The summed E-state index contributed by atoms with van der Waals surface area (Å²) in [6, 6.07) is 18.6. The fourth-order valence-corrected chi connectivity index (χ4v) is 9.88. The highest BCUT2D eigenvalue weighted by Crippen LogP contribution is 2.54. The number of pyridine rings is 1. The van der Waals surface area contributed by atoms with Crippen LogP contribution in [0, 0.1) is 41.3 Å². The number of fused-ring (bicyclic) bond motifs is 2. The van der Waals surface area contributed by atoms with Crippen LogP contribution < -0.4 is 5.32 Å². The lowest BCUT2D eigenvalue weighted by Crippen LogP contribution is -2.45. The molecular formula is C46H50FN5O4. The molecule has 0 unspecified atom stereocenters. The Bertz CT molecular complexity index is 2120. The van der Waals surface area contributed by atoms with E-state index >= 15 is 0 Å². The first-order valence-corrected chi connectivity index (χ1v) is 20.1. The van der Waals surface area contributed by atoms with Crippen molar-refractivity contribution in [2.45, 2.75) is 77.8 Å². The number of hydrogen-bond donors (Lipinski definition) is 1. The Morgan fingerprint density at radius 2 is 1.48 bits per heavy atom. The average Bonchev–Trinajstić information content (AvgIpc) is 4.07. The fourth-order valence-electron chi connectivity index (χ4n) is 9.88. The van der Waals surface area contributed by atoms with Gasteiger partial charge in [0.05, 0.1) is 31.7 Å². The molecule has 0 spiro atoms. The molecule has 6 atom stereocenters. The van der Waals surface area contributed by atoms with Gasteiger partial charge in [0, 0.05) is 67.8 Å². The molecule has 0 radical (unpaired) electrons. The normalized spacial score (nSPS) is 24.5. The van der Waals surface area contributed by atoms with Gasteiger partial charge >= 0.3 is 5.97 Å². The SMILES string of the molecule is COC(=O)C[C@H](C(=O)N1CCC[C@H]1C1=NC=C(c2ccc(-c3ccc(C4=CN=C([C@@H]5[C@H]6CC[C@H](C6)[C@H]5C(=O)NCc5cncc(F)c5)C4)cc3)cc2)C1)C(C)C. The van der Waals surface area contributed by atoms with Crippen molar-refractivity contribution in [2.24, 2.45) is 45.5 Å². The molecule has 1 saturated heterocycles. The van der Waals surface area contributed by atoms with Crippen LogP contribution in [0.15, 0.2) is 89.4 Å². The van der Waals surface area contributed by atoms with Crippen LogP contribution in [0.5, 0.6) is 0 Å². The van der Waals surface area contributed by atoms with Gasteiger partial charge in [-0.2, -0.15) is 0 Å². The second kappa shape index (κ2) is 16.1. The van der Waals surface area contributed by atoms with E-state index in [1.165, 1.54) is 24.9 Å². The van der Waals surface area contributed by atoms with Crippen molar-refractivity contribution in [3.8, 4) is 11.1 Å². The molecule has 3 aromatic rings. The minimum atomic E-state index is -0.404. The summed E-state index contributed by atoms with van der Waals surface area (Å²) in [5.74, 6) is -0.198. The molecule has 3 fully saturated rings. The Kier molecular flexibility index (Phi) is 10.8. The monoisotopic (exact) mass is 755 g/mol. The molecular weight excluding hydrogens is 706 g/mol. The Morgan fingerprint density at radius 1 is 0.857 bits per heavy atom. The molecule has 1 N–H and O–H groups in total. The zero-order chi connectivity index (χ0) is 38.9. The Hall–Kier alpha value is -5.25. The lowest BCUT2D eigenvalue weighted by atomic mass is 9.75. The van der Waals surface area contributed by atoms with E-state index in [0.717, 1.165) is 77.8 Å². The summed E-state index contributed by atoms with van der Waals surface area (Å²) in [6.45, 7) is 4.92. The van der Waals surface area contributed by atoms with E-state index in [1.54, 1.807) is 6.20 Å². The summed E-state index contributed by atoms with van der Waals surface area (Å²) in [7, 11) is 1.37. The molecule has 3 aliphatic heterocycles. The Morgan fingerprint density at radius 3 is 2.12 bits per heavy atom. The molecule has 1 aromatic heterocycles. The molecule has 290 valence electrons. The third-order valence-electron chi connectivity index (χ3n) is 12.8. The maximum Gasteiger partial charge on any atom is 0.306 e. The minimum absolute atomic E-state index is 0.0174. The molecule has 8 rings (SSSR count). The second-order valence-corrected chi connectivity index (χ2v) is 16.5. The van der Waals surface area contributed by atoms with Gasteiger partial charge < -0.3 is 15.0 Å². The van der Waals surface area contributed by atoms with E-state index in [0.29, 0.717) is 30.4 Å². The number of esters is 1. The second-order valence-electron chi connectivity index (χ2n) is 16.5. The van der Waals surface area contributed by atoms with Crippen molar-refractivity contribution in [3.05, 3.63) is 102 Å². The maximum absolute atomic E-state index is 13.7. The van der Waals surface area contributed by atoms with Gasteiger partial charge in [0.25, 0.3) is 0 Å². The molecule has 5 aliphatic rings. The number of nitrogens with one attached hydrogen (secondary N) is 1. The highest BCUT2D eigenvalue weighted by atomic mass is 19.1. The zero-order valence-corrected chi connectivity index (χ0v) is 32.4. The first-order chi connectivity index (χ1) is 27.2. The van der Waals surface area contributed by atoms with Crippen LogP contribution in [-0.2, 0) is 25.7 Å². The molecule has 2 bridgehead atoms. The lowest BCUT2D eigenvalue weighted by molar-refractivity contribution is -0.148. The van der Waals surface area contributed by atoms with Gasteiger partial charge in [0.15, 0.2) is 0 Å². The fraction of sp³-hybridized carbons (Fsp3) is 0.435. The summed E-state index contributed by atoms with van der Waals surface area (Å²) in [4.78, 5) is 54.8. The number of aliphatic imine (C=N–C) groups is 2. The smallest absolute Gasteiger partial charge is 0.306 e. The van der Waals surface area contributed by atoms with Gasteiger partial charge in [0.1, 0.15) is 5.82 Å². The van der Waals surface area contributed by atoms with Crippen LogP contribution >= 0.6 is 0 Å². The van der Waals surface area contributed by atoms with Gasteiger partial charge in [-0.15, -0.1) is 0 Å². The van der Waals surface area contributed by atoms with E-state index in [4.69, 9.17) is 14.7 Å². The van der Waals surface area contributed by atoms with Gasteiger partial charge in [-0.1, -0.05) is 62.4 Å². The molecule has 56 heavy (non-hydrogen) atoms. The summed E-state index contributed by atoms with van der Waals surface area (Å²) >= 11 is 0. The van der Waals surface area contributed by atoms with Gasteiger partial charge in [-0.25, -0.2) is 4.39 Å². The number of rotatable bonds is 12. The number of carbonyl (C=O) groups excluding carboxylic acids is 3. The highest BCUT2D eigenvalue weighted by Gasteiger charge is 2.52. The standard InChI is InChI=1S/C46H50FN5O4/c1-27(2)38(21-42(53)56-3)46(55)52-16-4-5-41(52)39-19-35(24-49-39)31-10-6-29(7-11-31)30-8-12-32(13-9-30)36-20-40(50-25-36)43-33-14-15-34(18-33)44(43)45(54)51-23-28-17-37(47)26-48-22-28/h6-13,17,22,24-27,33-34,38,41,43-44H,4-5,14-16,18-21,23H2,1-3H3,(H,51,54)/t33-,34+,38-,41-,43-,44+/m0/s1. The number of allylic oxidation sites excluding steroid dienone is 2. The highest BCUT2D eigenvalue weighted by molar-refractivity contribution is 6.04. The number of carbonyl (C=O) groups is 3. The van der Waals surface area contributed by atoms with Gasteiger partial charge in [-0.3, -0.25) is 29.4 Å². The summed E-state index contributed by atoms with van der Waals surface area (Å²) in [5.41, 5.74) is 9.59. The predicted octanol–water partition coefficient (Wildman–Crippen LogP) is 8.06. The van der Waals surface area contributed by atoms with Crippen LogP contribution in [0.2, 0.25) is 0 Å². The van der Waals surface area contributed by atoms with Crippen molar-refractivity contribution in [3.63, 3.8) is 0 Å². The predicted molar refractivity (Wildman–Crippen MR) is 215 cm³/mol. The third kappa shape index (κ3) is 7.62. The number of halogens is 1. The van der Waals surface area contributed by atoms with E-state index in [-0.39, 0.29) is 54.5 Å². The van der Waals surface area contributed by atoms with Crippen molar-refractivity contribution in [2.75, 3.05) is 13.7 Å². The molecule has 10 heteroatoms. The topological polar surface area (TPSA) is 113 Å². The number of hydrogen-bond acceptors (Lipinski definition) is 7. The Labute approximate surface area is 328 Å². The molecule has 2 amide bonds. The van der Waals surface area contributed by atoms with Gasteiger partial charge in [0.2, 0.25) is 11.8 Å². The van der Waals surface area contributed by atoms with Crippen molar-refractivity contribution < 1.29 is 23.5 Å². The van der Waals surface area contributed by atoms with Crippen LogP contribution in [0.4, 0.5) is 4.39 Å². The van der Waals surface area contributed by atoms with Crippen LogP contribution in [0.1, 0.15) is 81.9 Å². The molecule has 2 saturated carbocycles. The average molecular weight is 756 g/mol. The Balaban J connectivity index is 0.862. The van der Waals surface area contributed by atoms with E-state index in [2.05, 4.69) is 58.8 Å². The first-order valence-electron chi connectivity index (χ1n) is 20.1. The number of nitrogens with zero attached hydrogens (tertiary/aromatic N) is 4. The van der Waals surface area contributed by atoms with Crippen molar-refractivity contribution in [1.82, 2.24) is 15.2 Å². The minimum Gasteiger partial charge on any atom is -0.469 e. The van der Waals surface area contributed by atoms with Crippen molar-refractivity contribution >= 4 is 40.4 Å². The van der Waals surface area contributed by atoms with E-state index in [9.17, 15) is 18.8 Å². The molecule has 4 heterocycles. The molecule has 2 aliphatic carbocycles. The lowest BCUT2D eigenvalue weighted by Gasteiger charge is -2.30. The number of ether oxygens (including phenoxy) is 1. The molecule has 9 nitrogen and oxygen atoms in total. The number of aromatic nitrogens is 1. The van der Waals surface area contributed by atoms with E-state index < -0.39 is 11.7 Å². The van der Waals surface area contributed by atoms with E-state index in [1.807, 2.05) is 31.1 Å².